The van der Waals surface area contributed by atoms with Crippen LogP contribution < -0.4 is 5.32 Å². The summed E-state index contributed by atoms with van der Waals surface area (Å²) in [6, 6.07) is 0.700. The number of likely N-dealkylation sites (tertiary alicyclic amines) is 1. The van der Waals surface area contributed by atoms with Crippen molar-refractivity contribution >= 4 is 0 Å². The zero-order valence-corrected chi connectivity index (χ0v) is 10.6. The summed E-state index contributed by atoms with van der Waals surface area (Å²) in [5.41, 5.74) is 0. The molecule has 2 unspecified atom stereocenters. The molecule has 0 aliphatic carbocycles. The van der Waals surface area contributed by atoms with Gasteiger partial charge in [0.15, 0.2) is 0 Å². The Labute approximate surface area is 98.9 Å². The molecule has 1 N–H and O–H groups in total. The van der Waals surface area contributed by atoms with Gasteiger partial charge < -0.3 is 15.0 Å². The van der Waals surface area contributed by atoms with Crippen LogP contribution in [0.25, 0.3) is 0 Å². The molecule has 2 heterocycles. The summed E-state index contributed by atoms with van der Waals surface area (Å²) in [5, 5.41) is 3.53. The van der Waals surface area contributed by atoms with E-state index in [4.69, 9.17) is 4.74 Å². The van der Waals surface area contributed by atoms with E-state index in [1.165, 1.54) is 19.5 Å². The zero-order chi connectivity index (χ0) is 11.4. The van der Waals surface area contributed by atoms with Crippen LogP contribution in [0.5, 0.6) is 0 Å². The molecule has 2 saturated heterocycles. The van der Waals surface area contributed by atoms with Gasteiger partial charge in [-0.05, 0) is 26.6 Å². The highest BCUT2D eigenvalue weighted by Crippen LogP contribution is 2.12. The molecule has 2 atom stereocenters. The average molecular weight is 227 g/mol. The molecule has 4 nitrogen and oxygen atoms in total. The van der Waals surface area contributed by atoms with Crippen LogP contribution in [0.2, 0.25) is 0 Å². The van der Waals surface area contributed by atoms with Crippen LogP contribution >= 0.6 is 0 Å². The number of hydrogen-bond acceptors (Lipinski definition) is 4. The van der Waals surface area contributed by atoms with Crippen molar-refractivity contribution in [1.82, 2.24) is 15.1 Å². The molecule has 0 saturated carbocycles. The smallest absolute Gasteiger partial charge is 0.0829 e. The van der Waals surface area contributed by atoms with E-state index in [1.807, 2.05) is 0 Å². The van der Waals surface area contributed by atoms with Crippen molar-refractivity contribution < 1.29 is 4.74 Å². The summed E-state index contributed by atoms with van der Waals surface area (Å²) in [6.45, 7) is 9.85. The Morgan fingerprint density at radius 2 is 2.19 bits per heavy atom. The van der Waals surface area contributed by atoms with Gasteiger partial charge in [0.1, 0.15) is 0 Å². The van der Waals surface area contributed by atoms with Crippen molar-refractivity contribution in [2.45, 2.75) is 25.5 Å². The van der Waals surface area contributed by atoms with Gasteiger partial charge in [-0.25, -0.2) is 0 Å². The summed E-state index contributed by atoms with van der Waals surface area (Å²) in [6.07, 6.45) is 1.70. The molecule has 94 valence electrons. The van der Waals surface area contributed by atoms with Crippen molar-refractivity contribution in [3.05, 3.63) is 0 Å². The SMILES string of the molecule is CCNC1CCN(CC2CN(C)CCO2)C1. The lowest BCUT2D eigenvalue weighted by molar-refractivity contribution is -0.0329. The number of nitrogens with zero attached hydrogens (tertiary/aromatic N) is 2. The van der Waals surface area contributed by atoms with Gasteiger partial charge >= 0.3 is 0 Å². The molecule has 2 rings (SSSR count). The highest BCUT2D eigenvalue weighted by Gasteiger charge is 2.26. The van der Waals surface area contributed by atoms with E-state index in [1.54, 1.807) is 0 Å². The van der Waals surface area contributed by atoms with Gasteiger partial charge in [0.05, 0.1) is 12.7 Å². The monoisotopic (exact) mass is 227 g/mol. The van der Waals surface area contributed by atoms with Crippen LogP contribution in [0, 0.1) is 0 Å². The number of ether oxygens (including phenoxy) is 1. The maximum atomic E-state index is 5.80. The number of hydrogen-bond donors (Lipinski definition) is 1. The molecule has 2 aliphatic rings. The molecule has 0 amide bonds. The molecular formula is C12H25N3O. The minimum Gasteiger partial charge on any atom is -0.374 e. The fourth-order valence-corrected chi connectivity index (χ4v) is 2.72. The lowest BCUT2D eigenvalue weighted by atomic mass is 10.2. The lowest BCUT2D eigenvalue weighted by Crippen LogP contribution is -2.46. The largest absolute Gasteiger partial charge is 0.374 e. The van der Waals surface area contributed by atoms with E-state index >= 15 is 0 Å². The molecule has 0 aromatic carbocycles. The maximum absolute atomic E-state index is 5.80. The third-order valence-corrected chi connectivity index (χ3v) is 3.57. The maximum Gasteiger partial charge on any atom is 0.0829 e. The highest BCUT2D eigenvalue weighted by molar-refractivity contribution is 4.83. The highest BCUT2D eigenvalue weighted by atomic mass is 16.5. The second-order valence-corrected chi connectivity index (χ2v) is 5.06. The van der Waals surface area contributed by atoms with Crippen LogP contribution in [0.15, 0.2) is 0 Å². The molecule has 0 aromatic rings. The first-order valence-corrected chi connectivity index (χ1v) is 6.54. The minimum atomic E-state index is 0.416. The van der Waals surface area contributed by atoms with Crippen molar-refractivity contribution in [2.24, 2.45) is 0 Å². The van der Waals surface area contributed by atoms with Crippen molar-refractivity contribution in [1.29, 1.82) is 0 Å². The van der Waals surface area contributed by atoms with Gasteiger partial charge in [-0.15, -0.1) is 0 Å². The Morgan fingerprint density at radius 1 is 1.31 bits per heavy atom. The first kappa shape index (κ1) is 12.3. The second kappa shape index (κ2) is 5.96. The zero-order valence-electron chi connectivity index (χ0n) is 10.6. The number of rotatable bonds is 4. The van der Waals surface area contributed by atoms with Crippen LogP contribution in [-0.2, 0) is 4.74 Å². The fraction of sp³-hybridized carbons (Fsp3) is 1.00. The number of morpholine rings is 1. The molecule has 2 aliphatic heterocycles. The average Bonchev–Trinajstić information content (AvgIpc) is 2.66. The molecule has 0 spiro atoms. The van der Waals surface area contributed by atoms with Gasteiger partial charge in [0.2, 0.25) is 0 Å². The quantitative estimate of drug-likeness (QED) is 0.732. The summed E-state index contributed by atoms with van der Waals surface area (Å²) in [7, 11) is 2.18. The van der Waals surface area contributed by atoms with E-state index in [2.05, 4.69) is 29.1 Å². The van der Waals surface area contributed by atoms with E-state index in [0.717, 1.165) is 32.8 Å². The Balaban J connectivity index is 1.70. The standard InChI is InChI=1S/C12H25N3O/c1-3-13-11-4-5-15(8-11)10-12-9-14(2)6-7-16-12/h11-13H,3-10H2,1-2H3. The lowest BCUT2D eigenvalue weighted by Gasteiger charge is -2.32. The predicted octanol–water partition coefficient (Wildman–Crippen LogP) is 0.000800. The van der Waals surface area contributed by atoms with Crippen LogP contribution in [0.4, 0.5) is 0 Å². The van der Waals surface area contributed by atoms with Crippen LogP contribution in [0.3, 0.4) is 0 Å². The summed E-state index contributed by atoms with van der Waals surface area (Å²) >= 11 is 0. The van der Waals surface area contributed by atoms with Crippen molar-refractivity contribution in [3.63, 3.8) is 0 Å². The number of nitrogens with one attached hydrogen (secondary N) is 1. The first-order valence-electron chi connectivity index (χ1n) is 6.54. The Hall–Kier alpha value is -0.160. The molecule has 0 radical (unpaired) electrons. The van der Waals surface area contributed by atoms with E-state index < -0.39 is 0 Å². The van der Waals surface area contributed by atoms with Gasteiger partial charge in [0, 0.05) is 32.2 Å². The van der Waals surface area contributed by atoms with Gasteiger partial charge in [-0.2, -0.15) is 0 Å². The third kappa shape index (κ3) is 3.42. The molecule has 2 fully saturated rings. The molecule has 16 heavy (non-hydrogen) atoms. The molecule has 0 bridgehead atoms. The topological polar surface area (TPSA) is 27.7 Å². The normalized spacial score (nSPS) is 33.4. The van der Waals surface area contributed by atoms with Crippen molar-refractivity contribution in [2.75, 3.05) is 52.9 Å². The van der Waals surface area contributed by atoms with Gasteiger partial charge in [0.25, 0.3) is 0 Å². The molecular weight excluding hydrogens is 202 g/mol. The summed E-state index contributed by atoms with van der Waals surface area (Å²) in [4.78, 5) is 4.91. The van der Waals surface area contributed by atoms with Crippen molar-refractivity contribution in [3.8, 4) is 0 Å². The minimum absolute atomic E-state index is 0.416. The van der Waals surface area contributed by atoms with E-state index in [9.17, 15) is 0 Å². The summed E-state index contributed by atoms with van der Waals surface area (Å²) in [5.74, 6) is 0. The first-order chi connectivity index (χ1) is 7.78. The second-order valence-electron chi connectivity index (χ2n) is 5.06. The van der Waals surface area contributed by atoms with Crippen LogP contribution in [-0.4, -0.2) is 74.9 Å². The van der Waals surface area contributed by atoms with E-state index in [-0.39, 0.29) is 0 Å². The third-order valence-electron chi connectivity index (χ3n) is 3.57. The van der Waals surface area contributed by atoms with E-state index in [0.29, 0.717) is 12.1 Å². The van der Waals surface area contributed by atoms with Gasteiger partial charge in [-0.1, -0.05) is 6.92 Å². The summed E-state index contributed by atoms with van der Waals surface area (Å²) < 4.78 is 5.80. The number of likely N-dealkylation sites (N-methyl/N-ethyl adjacent to an activating group) is 2. The molecule has 0 aromatic heterocycles. The Morgan fingerprint density at radius 3 is 2.94 bits per heavy atom. The Kier molecular flexibility index (Phi) is 4.58. The fourth-order valence-electron chi connectivity index (χ4n) is 2.72. The molecule has 4 heteroatoms. The Bertz CT molecular complexity index is 212. The van der Waals surface area contributed by atoms with Crippen LogP contribution in [0.1, 0.15) is 13.3 Å². The predicted molar refractivity (Wildman–Crippen MR) is 65.8 cm³/mol. The van der Waals surface area contributed by atoms with Gasteiger partial charge in [-0.3, -0.25) is 4.90 Å².